The second-order valence-electron chi connectivity index (χ2n) is 4.35. The molecule has 0 aliphatic heterocycles. The molecule has 0 spiro atoms. The lowest BCUT2D eigenvalue weighted by Gasteiger charge is -2.10. The van der Waals surface area contributed by atoms with Gasteiger partial charge in [0.15, 0.2) is 0 Å². The van der Waals surface area contributed by atoms with Crippen molar-refractivity contribution >= 4 is 21.8 Å². The van der Waals surface area contributed by atoms with Gasteiger partial charge in [0.1, 0.15) is 22.5 Å². The maximum absolute atomic E-state index is 9.33. The number of fused-ring (bicyclic) bond motifs is 3. The SMILES string of the molecule is COc1ccnc2c1ccc1c(OC)cc(CO)nc12. The molecule has 3 aromatic rings. The average molecular weight is 270 g/mol. The van der Waals surface area contributed by atoms with E-state index in [1.165, 1.54) is 0 Å². The van der Waals surface area contributed by atoms with Crippen LogP contribution in [0.2, 0.25) is 0 Å². The van der Waals surface area contributed by atoms with Gasteiger partial charge in [-0.15, -0.1) is 0 Å². The number of rotatable bonds is 3. The quantitative estimate of drug-likeness (QED) is 0.740. The van der Waals surface area contributed by atoms with Crippen molar-refractivity contribution < 1.29 is 14.6 Å². The van der Waals surface area contributed by atoms with Crippen LogP contribution in [0.5, 0.6) is 11.5 Å². The maximum Gasteiger partial charge on any atom is 0.130 e. The van der Waals surface area contributed by atoms with Crippen LogP contribution in [-0.2, 0) is 6.61 Å². The van der Waals surface area contributed by atoms with E-state index in [1.807, 2.05) is 12.1 Å². The lowest BCUT2D eigenvalue weighted by Crippen LogP contribution is -1.96. The molecule has 3 rings (SSSR count). The molecule has 1 N–H and O–H groups in total. The Balaban J connectivity index is 2.46. The van der Waals surface area contributed by atoms with Crippen molar-refractivity contribution in [1.82, 2.24) is 9.97 Å². The molecule has 0 aliphatic rings. The highest BCUT2D eigenvalue weighted by atomic mass is 16.5. The van der Waals surface area contributed by atoms with Crippen molar-refractivity contribution in [3.05, 3.63) is 36.2 Å². The third-order valence-corrected chi connectivity index (χ3v) is 3.27. The Kier molecular flexibility index (Phi) is 3.12. The number of hydrogen-bond acceptors (Lipinski definition) is 5. The van der Waals surface area contributed by atoms with E-state index in [-0.39, 0.29) is 6.61 Å². The van der Waals surface area contributed by atoms with Crippen molar-refractivity contribution in [2.45, 2.75) is 6.61 Å². The fourth-order valence-electron chi connectivity index (χ4n) is 2.32. The summed E-state index contributed by atoms with van der Waals surface area (Å²) in [4.78, 5) is 8.85. The molecule has 0 atom stereocenters. The van der Waals surface area contributed by atoms with Crippen LogP contribution < -0.4 is 9.47 Å². The minimum Gasteiger partial charge on any atom is -0.496 e. The Morgan fingerprint density at radius 1 is 1.00 bits per heavy atom. The van der Waals surface area contributed by atoms with E-state index >= 15 is 0 Å². The van der Waals surface area contributed by atoms with Crippen LogP contribution in [0.25, 0.3) is 21.8 Å². The monoisotopic (exact) mass is 270 g/mol. The Labute approximate surface area is 115 Å². The van der Waals surface area contributed by atoms with Gasteiger partial charge in [0.25, 0.3) is 0 Å². The first-order valence-electron chi connectivity index (χ1n) is 6.18. The lowest BCUT2D eigenvalue weighted by atomic mass is 10.1. The molecule has 20 heavy (non-hydrogen) atoms. The van der Waals surface area contributed by atoms with Gasteiger partial charge in [-0.25, -0.2) is 4.98 Å². The van der Waals surface area contributed by atoms with Gasteiger partial charge in [0, 0.05) is 23.0 Å². The number of methoxy groups -OCH3 is 2. The molecule has 0 saturated heterocycles. The van der Waals surface area contributed by atoms with E-state index in [1.54, 1.807) is 32.5 Å². The van der Waals surface area contributed by atoms with E-state index in [9.17, 15) is 5.11 Å². The minimum atomic E-state index is -0.146. The summed E-state index contributed by atoms with van der Waals surface area (Å²) in [5.74, 6) is 1.41. The topological polar surface area (TPSA) is 64.5 Å². The molecule has 0 saturated carbocycles. The summed E-state index contributed by atoms with van der Waals surface area (Å²) < 4.78 is 10.7. The summed E-state index contributed by atoms with van der Waals surface area (Å²) in [6.45, 7) is -0.146. The maximum atomic E-state index is 9.33. The van der Waals surface area contributed by atoms with Crippen LogP contribution in [0.1, 0.15) is 5.69 Å². The lowest BCUT2D eigenvalue weighted by molar-refractivity contribution is 0.276. The van der Waals surface area contributed by atoms with Crippen LogP contribution in [0, 0.1) is 0 Å². The predicted molar refractivity (Wildman–Crippen MR) is 76.1 cm³/mol. The largest absolute Gasteiger partial charge is 0.496 e. The number of pyridine rings is 2. The third kappa shape index (κ3) is 1.83. The fourth-order valence-corrected chi connectivity index (χ4v) is 2.32. The minimum absolute atomic E-state index is 0.146. The molecule has 0 aliphatic carbocycles. The Hall–Kier alpha value is -2.40. The van der Waals surface area contributed by atoms with E-state index < -0.39 is 0 Å². The van der Waals surface area contributed by atoms with Crippen LogP contribution in [-0.4, -0.2) is 29.3 Å². The van der Waals surface area contributed by atoms with Gasteiger partial charge in [-0.2, -0.15) is 0 Å². The Bertz CT molecular complexity index is 787. The average Bonchev–Trinajstić information content (AvgIpc) is 2.52. The first-order valence-corrected chi connectivity index (χ1v) is 6.18. The molecule has 102 valence electrons. The second kappa shape index (κ2) is 4.94. The van der Waals surface area contributed by atoms with Gasteiger partial charge >= 0.3 is 0 Å². The number of nitrogens with zero attached hydrogens (tertiary/aromatic N) is 2. The van der Waals surface area contributed by atoms with Crippen LogP contribution in [0.3, 0.4) is 0 Å². The smallest absolute Gasteiger partial charge is 0.130 e. The number of ether oxygens (including phenoxy) is 2. The first kappa shape index (κ1) is 12.6. The molecular weight excluding hydrogens is 256 g/mol. The van der Waals surface area contributed by atoms with Crippen molar-refractivity contribution in [2.24, 2.45) is 0 Å². The van der Waals surface area contributed by atoms with Crippen molar-refractivity contribution in [1.29, 1.82) is 0 Å². The second-order valence-corrected chi connectivity index (χ2v) is 4.35. The van der Waals surface area contributed by atoms with E-state index in [0.29, 0.717) is 17.0 Å². The highest BCUT2D eigenvalue weighted by Crippen LogP contribution is 2.33. The van der Waals surface area contributed by atoms with Crippen molar-refractivity contribution in [3.8, 4) is 11.5 Å². The Morgan fingerprint density at radius 3 is 2.35 bits per heavy atom. The molecule has 0 amide bonds. The molecule has 5 heteroatoms. The molecular formula is C15H14N2O3. The zero-order chi connectivity index (χ0) is 14.1. The van der Waals surface area contributed by atoms with Gasteiger partial charge < -0.3 is 14.6 Å². The van der Waals surface area contributed by atoms with Gasteiger partial charge in [-0.3, -0.25) is 4.98 Å². The van der Waals surface area contributed by atoms with Crippen LogP contribution in [0.15, 0.2) is 30.5 Å². The van der Waals surface area contributed by atoms with Crippen LogP contribution in [0.4, 0.5) is 0 Å². The number of hydrogen-bond donors (Lipinski definition) is 1. The zero-order valence-corrected chi connectivity index (χ0v) is 11.3. The zero-order valence-electron chi connectivity index (χ0n) is 11.3. The molecule has 2 aromatic heterocycles. The first-order chi connectivity index (χ1) is 9.78. The standard InChI is InChI=1S/C15H14N2O3/c1-19-12-5-6-16-14-10(12)3-4-11-13(20-2)7-9(8-18)17-15(11)14/h3-7,18H,8H2,1-2H3. The third-order valence-electron chi connectivity index (χ3n) is 3.27. The number of aliphatic hydroxyl groups is 1. The van der Waals surface area contributed by atoms with Crippen molar-refractivity contribution in [2.75, 3.05) is 14.2 Å². The number of aromatic nitrogens is 2. The summed E-state index contributed by atoms with van der Waals surface area (Å²) in [6.07, 6.45) is 1.68. The molecule has 0 unspecified atom stereocenters. The molecule has 1 aromatic carbocycles. The highest BCUT2D eigenvalue weighted by Gasteiger charge is 2.12. The van der Waals surface area contributed by atoms with Crippen LogP contribution >= 0.6 is 0 Å². The van der Waals surface area contributed by atoms with E-state index in [2.05, 4.69) is 9.97 Å². The summed E-state index contributed by atoms with van der Waals surface area (Å²) in [7, 11) is 3.22. The van der Waals surface area contributed by atoms with E-state index in [4.69, 9.17) is 9.47 Å². The highest BCUT2D eigenvalue weighted by molar-refractivity contribution is 6.06. The molecule has 0 fully saturated rings. The summed E-state index contributed by atoms with van der Waals surface area (Å²) >= 11 is 0. The van der Waals surface area contributed by atoms with Gasteiger partial charge in [-0.05, 0) is 18.2 Å². The molecule has 2 heterocycles. The normalized spacial score (nSPS) is 10.9. The fraction of sp³-hybridized carbons (Fsp3) is 0.200. The number of benzene rings is 1. The summed E-state index contributed by atoms with van der Waals surface area (Å²) in [6, 6.07) is 7.40. The Morgan fingerprint density at radius 2 is 1.70 bits per heavy atom. The molecule has 5 nitrogen and oxygen atoms in total. The van der Waals surface area contributed by atoms with Gasteiger partial charge in [0.05, 0.1) is 26.5 Å². The summed E-state index contributed by atoms with van der Waals surface area (Å²) in [5, 5.41) is 11.1. The number of aliphatic hydroxyl groups excluding tert-OH is 1. The summed E-state index contributed by atoms with van der Waals surface area (Å²) in [5.41, 5.74) is 1.98. The van der Waals surface area contributed by atoms with Gasteiger partial charge in [-0.1, -0.05) is 0 Å². The molecule has 0 bridgehead atoms. The van der Waals surface area contributed by atoms with E-state index in [0.717, 1.165) is 22.0 Å². The van der Waals surface area contributed by atoms with Crippen molar-refractivity contribution in [3.63, 3.8) is 0 Å². The van der Waals surface area contributed by atoms with Gasteiger partial charge in [0.2, 0.25) is 0 Å². The molecule has 0 radical (unpaired) electrons. The predicted octanol–water partition coefficient (Wildman–Crippen LogP) is 2.29.